The van der Waals surface area contributed by atoms with E-state index < -0.39 is 7.14 Å². The Hall–Kier alpha value is -1.79. The summed E-state index contributed by atoms with van der Waals surface area (Å²) in [5.74, 6) is 0. The molecule has 0 aliphatic rings. The number of allylic oxidation sites excluding steroid dienone is 1. The van der Waals surface area contributed by atoms with Gasteiger partial charge in [0, 0.05) is 10.6 Å². The Morgan fingerprint density at radius 3 is 1.68 bits per heavy atom. The molecule has 0 amide bonds. The van der Waals surface area contributed by atoms with E-state index in [2.05, 4.69) is 0 Å². The summed E-state index contributed by atoms with van der Waals surface area (Å²) < 4.78 is 19.0. The Kier molecular flexibility index (Phi) is 4.24. The van der Waals surface area contributed by atoms with Crippen LogP contribution < -0.4 is 10.6 Å². The van der Waals surface area contributed by atoms with E-state index >= 15 is 0 Å². The lowest BCUT2D eigenvalue weighted by Crippen LogP contribution is -2.18. The van der Waals surface area contributed by atoms with E-state index in [1.165, 1.54) is 0 Å². The number of rotatable bonds is 4. The largest absolute Gasteiger partial charge is 0.493 e. The van der Waals surface area contributed by atoms with E-state index in [1.54, 1.807) is 13.2 Å². The maximum atomic E-state index is 13.6. The molecule has 0 saturated carbocycles. The smallest absolute Gasteiger partial charge is 0.203 e. The first-order chi connectivity index (χ1) is 9.23. The highest BCUT2D eigenvalue weighted by molar-refractivity contribution is 7.82. The summed E-state index contributed by atoms with van der Waals surface area (Å²) in [6.07, 6.45) is 1.78. The summed E-state index contributed by atoms with van der Waals surface area (Å²) in [7, 11) is -1.33. The molecule has 2 nitrogen and oxygen atoms in total. The van der Waals surface area contributed by atoms with Crippen LogP contribution in [-0.4, -0.2) is 7.11 Å². The van der Waals surface area contributed by atoms with Crippen LogP contribution in [0.2, 0.25) is 0 Å². The lowest BCUT2D eigenvalue weighted by atomic mass is 10.4. The molecule has 0 fully saturated rings. The minimum Gasteiger partial charge on any atom is -0.493 e. The third-order valence-electron chi connectivity index (χ3n) is 3.01. The molecule has 0 heterocycles. The highest BCUT2D eigenvalue weighted by Crippen LogP contribution is 2.51. The van der Waals surface area contributed by atoms with Crippen molar-refractivity contribution in [2.24, 2.45) is 0 Å². The molecule has 2 rings (SSSR count). The van der Waals surface area contributed by atoms with Crippen molar-refractivity contribution < 1.29 is 9.30 Å². The maximum Gasteiger partial charge on any atom is 0.203 e. The Balaban J connectivity index is 2.68. The molecule has 0 bridgehead atoms. The number of ether oxygens (including phenoxy) is 1. The van der Waals surface area contributed by atoms with Gasteiger partial charge in [0.2, 0.25) is 7.14 Å². The zero-order valence-electron chi connectivity index (χ0n) is 11.1. The Morgan fingerprint density at radius 1 is 0.947 bits per heavy atom. The maximum absolute atomic E-state index is 13.6. The molecule has 0 spiro atoms. The fraction of sp³-hybridized carbons (Fsp3) is 0.125. The van der Waals surface area contributed by atoms with E-state index in [0.29, 0.717) is 5.50 Å². The second-order valence-electron chi connectivity index (χ2n) is 4.11. The molecule has 2 aromatic rings. The average molecular weight is 272 g/mol. The fourth-order valence-corrected chi connectivity index (χ4v) is 4.72. The minimum atomic E-state index is -2.90. The molecule has 0 aromatic heterocycles. The second kappa shape index (κ2) is 5.90. The topological polar surface area (TPSA) is 26.3 Å². The van der Waals surface area contributed by atoms with E-state index in [-0.39, 0.29) is 0 Å². The third-order valence-corrected chi connectivity index (χ3v) is 6.12. The average Bonchev–Trinajstić information content (AvgIpc) is 2.50. The van der Waals surface area contributed by atoms with Gasteiger partial charge in [0.1, 0.15) is 0 Å². The molecule has 0 saturated heterocycles. The van der Waals surface area contributed by atoms with Crippen molar-refractivity contribution in [3.05, 3.63) is 72.2 Å². The molecule has 0 aliphatic carbocycles. The van der Waals surface area contributed by atoms with Crippen LogP contribution in [0.5, 0.6) is 0 Å². The zero-order chi connectivity index (χ0) is 13.7. The fourth-order valence-electron chi connectivity index (χ4n) is 2.11. The van der Waals surface area contributed by atoms with Gasteiger partial charge in [-0.05, 0) is 13.0 Å². The van der Waals surface area contributed by atoms with Gasteiger partial charge in [0.25, 0.3) is 0 Å². The van der Waals surface area contributed by atoms with Gasteiger partial charge in [-0.2, -0.15) is 0 Å². The van der Waals surface area contributed by atoms with E-state index in [0.717, 1.165) is 10.6 Å². The summed E-state index contributed by atoms with van der Waals surface area (Å²) in [6, 6.07) is 19.0. The summed E-state index contributed by atoms with van der Waals surface area (Å²) in [6.45, 7) is 1.84. The van der Waals surface area contributed by atoms with Gasteiger partial charge in [0.15, 0.2) is 5.50 Å². The predicted octanol–water partition coefficient (Wildman–Crippen LogP) is 3.51. The van der Waals surface area contributed by atoms with E-state index in [4.69, 9.17) is 4.74 Å². The van der Waals surface area contributed by atoms with Crippen molar-refractivity contribution in [2.45, 2.75) is 6.92 Å². The van der Waals surface area contributed by atoms with Gasteiger partial charge in [-0.25, -0.2) is 0 Å². The van der Waals surface area contributed by atoms with Crippen molar-refractivity contribution in [1.82, 2.24) is 0 Å². The van der Waals surface area contributed by atoms with Crippen LogP contribution in [0.25, 0.3) is 0 Å². The molecule has 0 atom stereocenters. The van der Waals surface area contributed by atoms with Crippen LogP contribution in [0.15, 0.2) is 72.2 Å². The summed E-state index contributed by atoms with van der Waals surface area (Å²) in [5.41, 5.74) is 0.518. The van der Waals surface area contributed by atoms with Crippen LogP contribution in [-0.2, 0) is 9.30 Å². The predicted molar refractivity (Wildman–Crippen MR) is 80.5 cm³/mol. The lowest BCUT2D eigenvalue weighted by Gasteiger charge is -2.21. The Bertz CT molecular complexity index is 560. The van der Waals surface area contributed by atoms with E-state index in [1.807, 2.05) is 67.6 Å². The molecule has 0 radical (unpaired) electrons. The highest BCUT2D eigenvalue weighted by atomic mass is 31.2. The SMILES string of the molecule is CC=C(OC)P(=O)(c1ccccc1)c1ccccc1. The molecule has 98 valence electrons. The van der Waals surface area contributed by atoms with Crippen LogP contribution in [0, 0.1) is 0 Å². The van der Waals surface area contributed by atoms with Crippen molar-refractivity contribution in [3.8, 4) is 0 Å². The summed E-state index contributed by atoms with van der Waals surface area (Å²) >= 11 is 0. The van der Waals surface area contributed by atoms with Crippen molar-refractivity contribution in [1.29, 1.82) is 0 Å². The van der Waals surface area contributed by atoms with Crippen molar-refractivity contribution in [2.75, 3.05) is 7.11 Å². The van der Waals surface area contributed by atoms with Gasteiger partial charge in [-0.3, -0.25) is 0 Å². The van der Waals surface area contributed by atoms with Gasteiger partial charge in [0.05, 0.1) is 7.11 Å². The third kappa shape index (κ3) is 2.50. The summed E-state index contributed by atoms with van der Waals surface area (Å²) in [5, 5.41) is 1.58. The van der Waals surface area contributed by atoms with Crippen molar-refractivity contribution >= 4 is 17.8 Å². The lowest BCUT2D eigenvalue weighted by molar-refractivity contribution is 0.317. The highest BCUT2D eigenvalue weighted by Gasteiger charge is 2.32. The number of methoxy groups -OCH3 is 1. The molecular formula is C16H17O2P. The molecule has 0 N–H and O–H groups in total. The molecule has 19 heavy (non-hydrogen) atoms. The quantitative estimate of drug-likeness (QED) is 0.629. The number of hydrogen-bond donors (Lipinski definition) is 0. The monoisotopic (exact) mass is 272 g/mol. The standard InChI is InChI=1S/C16H17O2P/c1-3-16(18-2)19(17,14-10-6-4-7-11-14)15-12-8-5-9-13-15/h3-13H,1-2H3. The van der Waals surface area contributed by atoms with Crippen LogP contribution >= 0.6 is 7.14 Å². The minimum absolute atomic E-state index is 0.518. The summed E-state index contributed by atoms with van der Waals surface area (Å²) in [4.78, 5) is 0. The van der Waals surface area contributed by atoms with Crippen LogP contribution in [0.3, 0.4) is 0 Å². The van der Waals surface area contributed by atoms with Gasteiger partial charge < -0.3 is 9.30 Å². The van der Waals surface area contributed by atoms with Gasteiger partial charge in [-0.1, -0.05) is 60.7 Å². The van der Waals surface area contributed by atoms with Gasteiger partial charge in [-0.15, -0.1) is 0 Å². The first-order valence-corrected chi connectivity index (χ1v) is 7.86. The Morgan fingerprint density at radius 2 is 1.37 bits per heavy atom. The van der Waals surface area contributed by atoms with E-state index in [9.17, 15) is 4.57 Å². The first kappa shape index (κ1) is 13.6. The molecule has 2 aromatic carbocycles. The second-order valence-corrected chi connectivity index (χ2v) is 6.80. The first-order valence-electron chi connectivity index (χ1n) is 6.15. The molecule has 3 heteroatoms. The van der Waals surface area contributed by atoms with Crippen molar-refractivity contribution in [3.63, 3.8) is 0 Å². The number of hydrogen-bond acceptors (Lipinski definition) is 2. The Labute approximate surface area is 114 Å². The molecule has 0 aliphatic heterocycles. The molecule has 0 unspecified atom stereocenters. The van der Waals surface area contributed by atoms with Gasteiger partial charge >= 0.3 is 0 Å². The van der Waals surface area contributed by atoms with Crippen LogP contribution in [0.4, 0.5) is 0 Å². The molecular weight excluding hydrogens is 255 g/mol. The normalized spacial score (nSPS) is 12.2. The number of benzene rings is 2. The zero-order valence-corrected chi connectivity index (χ0v) is 12.0. The van der Waals surface area contributed by atoms with Crippen LogP contribution in [0.1, 0.15) is 6.92 Å².